The molecule has 1 amide bonds. The van der Waals surface area contributed by atoms with Crippen LogP contribution in [0.25, 0.3) is 0 Å². The average molecular weight is 377 g/mol. The molecular weight excluding hydrogens is 357 g/mol. The Bertz CT molecular complexity index is 796. The molecule has 0 saturated carbocycles. The topological polar surface area (TPSA) is 77.5 Å². The summed E-state index contributed by atoms with van der Waals surface area (Å²) < 4.78 is 34.5. The third-order valence-corrected chi connectivity index (χ3v) is 3.95. The summed E-state index contributed by atoms with van der Waals surface area (Å²) in [5.74, 6) is -0.523. The number of fused-ring (bicyclic) bond motifs is 1. The van der Waals surface area contributed by atoms with Gasteiger partial charge in [0, 0.05) is 24.4 Å². The Morgan fingerprint density at radius 3 is 2.63 bits per heavy atom. The Morgan fingerprint density at radius 2 is 1.89 bits per heavy atom. The summed E-state index contributed by atoms with van der Waals surface area (Å²) in [5, 5.41) is 9.40. The second-order valence-corrected chi connectivity index (χ2v) is 5.81. The zero-order valence-corrected chi connectivity index (χ0v) is 14.8. The molecule has 27 heavy (non-hydrogen) atoms. The third-order valence-electron chi connectivity index (χ3n) is 3.95. The van der Waals surface area contributed by atoms with E-state index in [9.17, 15) is 14.3 Å². The molecule has 2 aromatic carbocycles. The molecule has 0 aliphatic carbocycles. The molecule has 7 nitrogen and oxygen atoms in total. The normalized spacial score (nSPS) is 13.3. The Morgan fingerprint density at radius 1 is 1.15 bits per heavy atom. The standard InChI is InChI=1S/C19H20FNO6/c1-24-6-7-25-8-9-26-15-4-2-14(3-5-15)21-12-13-10-16(20)17(22)11-18(13)27-19(21)23/h2-5,10-11,22H,6-9,12H2,1H3. The molecule has 3 rings (SSSR count). The first-order valence-corrected chi connectivity index (χ1v) is 8.39. The van der Waals surface area contributed by atoms with Crippen molar-refractivity contribution in [3.05, 3.63) is 47.8 Å². The van der Waals surface area contributed by atoms with Crippen molar-refractivity contribution < 1.29 is 33.2 Å². The highest BCUT2D eigenvalue weighted by atomic mass is 19.1. The number of amides is 1. The van der Waals surface area contributed by atoms with E-state index in [1.165, 1.54) is 4.90 Å². The van der Waals surface area contributed by atoms with E-state index >= 15 is 0 Å². The van der Waals surface area contributed by atoms with Gasteiger partial charge in [-0.2, -0.15) is 0 Å². The van der Waals surface area contributed by atoms with Gasteiger partial charge in [0.2, 0.25) is 0 Å². The summed E-state index contributed by atoms with van der Waals surface area (Å²) in [4.78, 5) is 13.6. The number of rotatable bonds is 8. The van der Waals surface area contributed by atoms with Crippen LogP contribution in [0, 0.1) is 5.82 Å². The fourth-order valence-corrected chi connectivity index (χ4v) is 2.57. The number of carbonyl (C=O) groups excluding carboxylic acids is 1. The largest absolute Gasteiger partial charge is 0.505 e. The molecular formula is C19H20FNO6. The number of aromatic hydroxyl groups is 1. The lowest BCUT2D eigenvalue weighted by Crippen LogP contribution is -2.37. The number of phenolic OH excluding ortho intramolecular Hbond substituents is 1. The Balaban J connectivity index is 1.60. The maximum atomic E-state index is 13.6. The molecule has 0 fully saturated rings. The molecule has 0 unspecified atom stereocenters. The van der Waals surface area contributed by atoms with Crippen LogP contribution in [0.2, 0.25) is 0 Å². The first-order valence-electron chi connectivity index (χ1n) is 8.39. The predicted octanol–water partition coefficient (Wildman–Crippen LogP) is 3.09. The minimum absolute atomic E-state index is 0.138. The van der Waals surface area contributed by atoms with E-state index in [1.807, 2.05) is 0 Å². The highest BCUT2D eigenvalue weighted by Crippen LogP contribution is 2.34. The number of nitrogens with zero attached hydrogens (tertiary/aromatic N) is 1. The third kappa shape index (κ3) is 4.66. The number of anilines is 1. The maximum Gasteiger partial charge on any atom is 0.420 e. The number of ether oxygens (including phenoxy) is 4. The number of hydrogen-bond donors (Lipinski definition) is 1. The van der Waals surface area contributed by atoms with Gasteiger partial charge in [0.05, 0.1) is 26.4 Å². The van der Waals surface area contributed by atoms with Crippen LogP contribution < -0.4 is 14.4 Å². The molecule has 0 aromatic heterocycles. The van der Waals surface area contributed by atoms with Crippen molar-refractivity contribution in [3.63, 3.8) is 0 Å². The lowest BCUT2D eigenvalue weighted by atomic mass is 10.1. The van der Waals surface area contributed by atoms with E-state index in [0.717, 1.165) is 12.1 Å². The van der Waals surface area contributed by atoms with Crippen molar-refractivity contribution in [2.75, 3.05) is 38.4 Å². The first kappa shape index (κ1) is 18.9. The van der Waals surface area contributed by atoms with Crippen LogP contribution in [0.15, 0.2) is 36.4 Å². The Kier molecular flexibility index (Phi) is 6.10. The minimum atomic E-state index is -0.761. The highest BCUT2D eigenvalue weighted by Gasteiger charge is 2.27. The highest BCUT2D eigenvalue weighted by molar-refractivity contribution is 5.91. The zero-order valence-electron chi connectivity index (χ0n) is 14.8. The fraction of sp³-hybridized carbons (Fsp3) is 0.316. The maximum absolute atomic E-state index is 13.6. The smallest absolute Gasteiger partial charge is 0.420 e. The van der Waals surface area contributed by atoms with E-state index in [4.69, 9.17) is 18.9 Å². The first-order chi connectivity index (χ1) is 13.1. The van der Waals surface area contributed by atoms with Gasteiger partial charge < -0.3 is 24.1 Å². The molecule has 1 aliphatic heterocycles. The summed E-state index contributed by atoms with van der Waals surface area (Å²) in [5.41, 5.74) is 1.06. The van der Waals surface area contributed by atoms with Crippen LogP contribution >= 0.6 is 0 Å². The number of carbonyl (C=O) groups is 1. The monoisotopic (exact) mass is 377 g/mol. The van der Waals surface area contributed by atoms with Gasteiger partial charge in [-0.25, -0.2) is 9.18 Å². The lowest BCUT2D eigenvalue weighted by Gasteiger charge is -2.28. The van der Waals surface area contributed by atoms with Crippen LogP contribution in [0.1, 0.15) is 5.56 Å². The molecule has 1 N–H and O–H groups in total. The van der Waals surface area contributed by atoms with E-state index < -0.39 is 17.7 Å². The Hall–Kier alpha value is -2.84. The van der Waals surface area contributed by atoms with Gasteiger partial charge in [-0.3, -0.25) is 4.90 Å². The van der Waals surface area contributed by atoms with Gasteiger partial charge >= 0.3 is 6.09 Å². The van der Waals surface area contributed by atoms with Gasteiger partial charge in [0.25, 0.3) is 0 Å². The van der Waals surface area contributed by atoms with E-state index in [2.05, 4.69) is 0 Å². The number of hydrogen-bond acceptors (Lipinski definition) is 6. The second-order valence-electron chi connectivity index (χ2n) is 5.81. The van der Waals surface area contributed by atoms with Crippen molar-refractivity contribution in [1.82, 2.24) is 0 Å². The van der Waals surface area contributed by atoms with Gasteiger partial charge in [0.1, 0.15) is 18.1 Å². The van der Waals surface area contributed by atoms with Crippen LogP contribution in [-0.4, -0.2) is 44.7 Å². The van der Waals surface area contributed by atoms with Crippen molar-refractivity contribution >= 4 is 11.8 Å². The average Bonchev–Trinajstić information content (AvgIpc) is 2.66. The molecule has 0 spiro atoms. The molecule has 0 bridgehead atoms. The molecule has 1 heterocycles. The van der Waals surface area contributed by atoms with E-state index in [0.29, 0.717) is 43.4 Å². The second kappa shape index (κ2) is 8.70. The fourth-order valence-electron chi connectivity index (χ4n) is 2.57. The summed E-state index contributed by atoms with van der Waals surface area (Å²) in [6.45, 7) is 2.02. The van der Waals surface area contributed by atoms with E-state index in [1.54, 1.807) is 31.4 Å². The molecule has 8 heteroatoms. The molecule has 0 radical (unpaired) electrons. The molecule has 0 atom stereocenters. The van der Waals surface area contributed by atoms with Crippen molar-refractivity contribution in [2.24, 2.45) is 0 Å². The SMILES string of the molecule is COCCOCCOc1ccc(N2Cc3cc(F)c(O)cc3OC2=O)cc1. The lowest BCUT2D eigenvalue weighted by molar-refractivity contribution is 0.0544. The van der Waals surface area contributed by atoms with Crippen LogP contribution in [0.4, 0.5) is 14.9 Å². The number of halogens is 1. The van der Waals surface area contributed by atoms with Gasteiger partial charge in [-0.1, -0.05) is 0 Å². The quantitative estimate of drug-likeness (QED) is 0.713. The van der Waals surface area contributed by atoms with Gasteiger partial charge in [-0.15, -0.1) is 0 Å². The van der Waals surface area contributed by atoms with Crippen LogP contribution in [-0.2, 0) is 16.0 Å². The summed E-state index contributed by atoms with van der Waals surface area (Å²) in [6.07, 6.45) is -0.603. The zero-order chi connectivity index (χ0) is 19.2. The van der Waals surface area contributed by atoms with Crippen molar-refractivity contribution in [3.8, 4) is 17.2 Å². The van der Waals surface area contributed by atoms with Gasteiger partial charge in [-0.05, 0) is 30.3 Å². The molecule has 2 aromatic rings. The summed E-state index contributed by atoms with van der Waals surface area (Å²) in [7, 11) is 1.61. The number of phenols is 1. The molecule has 144 valence electrons. The number of methoxy groups -OCH3 is 1. The summed E-state index contributed by atoms with van der Waals surface area (Å²) >= 11 is 0. The summed E-state index contributed by atoms with van der Waals surface area (Å²) in [6, 6.07) is 9.14. The van der Waals surface area contributed by atoms with Crippen LogP contribution in [0.3, 0.4) is 0 Å². The minimum Gasteiger partial charge on any atom is -0.505 e. The van der Waals surface area contributed by atoms with Crippen molar-refractivity contribution in [2.45, 2.75) is 6.54 Å². The predicted molar refractivity (Wildman–Crippen MR) is 94.9 cm³/mol. The van der Waals surface area contributed by atoms with E-state index in [-0.39, 0.29) is 12.3 Å². The molecule has 1 aliphatic rings. The molecule has 0 saturated heterocycles. The van der Waals surface area contributed by atoms with Crippen LogP contribution in [0.5, 0.6) is 17.2 Å². The van der Waals surface area contributed by atoms with Gasteiger partial charge in [0.15, 0.2) is 11.6 Å². The Labute approximate surface area is 155 Å². The number of benzene rings is 2. The van der Waals surface area contributed by atoms with Crippen molar-refractivity contribution in [1.29, 1.82) is 0 Å².